The molecule has 142 valence electrons. The summed E-state index contributed by atoms with van der Waals surface area (Å²) >= 11 is 5.83. The highest BCUT2D eigenvalue weighted by Gasteiger charge is 2.14. The summed E-state index contributed by atoms with van der Waals surface area (Å²) in [7, 11) is 4.47. The fourth-order valence-corrected chi connectivity index (χ4v) is 2.34. The molecule has 0 fully saturated rings. The van der Waals surface area contributed by atoms with Crippen molar-refractivity contribution in [3.63, 3.8) is 0 Å². The highest BCUT2D eigenvalue weighted by molar-refractivity contribution is 6.39. The van der Waals surface area contributed by atoms with Gasteiger partial charge in [0.2, 0.25) is 5.75 Å². The van der Waals surface area contributed by atoms with Crippen molar-refractivity contribution in [3.8, 4) is 17.2 Å². The van der Waals surface area contributed by atoms with E-state index in [0.717, 1.165) is 0 Å². The van der Waals surface area contributed by atoms with E-state index < -0.39 is 11.8 Å². The Morgan fingerprint density at radius 1 is 1.00 bits per heavy atom. The maximum Gasteiger partial charge on any atom is 0.329 e. The predicted octanol–water partition coefficient (Wildman–Crippen LogP) is 2.45. The Bertz CT molecular complexity index is 845. The number of amides is 2. The molecule has 2 aromatic rings. The van der Waals surface area contributed by atoms with Crippen molar-refractivity contribution in [1.29, 1.82) is 0 Å². The van der Waals surface area contributed by atoms with Crippen LogP contribution in [0.3, 0.4) is 0 Å². The van der Waals surface area contributed by atoms with Crippen molar-refractivity contribution in [2.24, 2.45) is 5.10 Å². The first kappa shape index (κ1) is 20.1. The molecule has 0 unspecified atom stereocenters. The Morgan fingerprint density at radius 2 is 1.67 bits per heavy atom. The minimum Gasteiger partial charge on any atom is -0.493 e. The number of nitrogens with zero attached hydrogens (tertiary/aromatic N) is 1. The van der Waals surface area contributed by atoms with E-state index in [0.29, 0.717) is 33.5 Å². The summed E-state index contributed by atoms with van der Waals surface area (Å²) in [5.41, 5.74) is 3.11. The molecule has 27 heavy (non-hydrogen) atoms. The summed E-state index contributed by atoms with van der Waals surface area (Å²) in [6.45, 7) is 0. The second-order valence-electron chi connectivity index (χ2n) is 5.12. The fourth-order valence-electron chi connectivity index (χ4n) is 2.15. The van der Waals surface area contributed by atoms with Gasteiger partial charge in [-0.3, -0.25) is 9.59 Å². The minimum absolute atomic E-state index is 0.399. The first-order valence-corrected chi connectivity index (χ1v) is 8.06. The van der Waals surface area contributed by atoms with E-state index in [2.05, 4.69) is 15.8 Å². The lowest BCUT2D eigenvalue weighted by Crippen LogP contribution is -2.32. The van der Waals surface area contributed by atoms with Gasteiger partial charge in [0.25, 0.3) is 0 Å². The van der Waals surface area contributed by atoms with Gasteiger partial charge >= 0.3 is 11.8 Å². The summed E-state index contributed by atoms with van der Waals surface area (Å²) < 4.78 is 15.7. The van der Waals surface area contributed by atoms with Gasteiger partial charge < -0.3 is 19.5 Å². The van der Waals surface area contributed by atoms with Crippen molar-refractivity contribution in [2.45, 2.75) is 0 Å². The normalized spacial score (nSPS) is 10.4. The molecular formula is C18H18ClN3O5. The maximum atomic E-state index is 11.9. The van der Waals surface area contributed by atoms with Crippen LogP contribution in [0.5, 0.6) is 17.2 Å². The smallest absolute Gasteiger partial charge is 0.329 e. The van der Waals surface area contributed by atoms with E-state index in [1.807, 2.05) is 0 Å². The van der Waals surface area contributed by atoms with Crippen LogP contribution in [-0.4, -0.2) is 39.4 Å². The number of hydrogen-bond acceptors (Lipinski definition) is 6. The third kappa shape index (κ3) is 5.35. The number of hydrazone groups is 1. The number of hydrogen-bond donors (Lipinski definition) is 2. The lowest BCUT2D eigenvalue weighted by Gasteiger charge is -2.12. The van der Waals surface area contributed by atoms with Gasteiger partial charge in [-0.05, 0) is 30.3 Å². The van der Waals surface area contributed by atoms with Gasteiger partial charge in [-0.25, -0.2) is 5.43 Å². The van der Waals surface area contributed by atoms with E-state index in [-0.39, 0.29) is 0 Å². The zero-order valence-corrected chi connectivity index (χ0v) is 15.7. The van der Waals surface area contributed by atoms with Gasteiger partial charge in [-0.1, -0.05) is 17.7 Å². The van der Waals surface area contributed by atoms with Crippen LogP contribution in [0.25, 0.3) is 0 Å². The van der Waals surface area contributed by atoms with Gasteiger partial charge in [-0.15, -0.1) is 0 Å². The van der Waals surface area contributed by atoms with Crippen LogP contribution >= 0.6 is 11.6 Å². The minimum atomic E-state index is -0.932. The lowest BCUT2D eigenvalue weighted by molar-refractivity contribution is -0.136. The number of carbonyl (C=O) groups excluding carboxylic acids is 2. The number of nitrogens with one attached hydrogen (secondary N) is 2. The molecule has 2 aromatic carbocycles. The highest BCUT2D eigenvalue weighted by Crippen LogP contribution is 2.37. The molecule has 0 saturated heterocycles. The molecule has 8 nitrogen and oxygen atoms in total. The first-order chi connectivity index (χ1) is 13.0. The summed E-state index contributed by atoms with van der Waals surface area (Å²) in [6, 6.07) is 9.71. The summed E-state index contributed by atoms with van der Waals surface area (Å²) in [4.78, 5) is 23.7. The molecule has 0 aliphatic rings. The van der Waals surface area contributed by atoms with Crippen molar-refractivity contribution in [3.05, 3.63) is 47.0 Å². The maximum absolute atomic E-state index is 11.9. The second kappa shape index (κ2) is 9.44. The van der Waals surface area contributed by atoms with Crippen molar-refractivity contribution in [2.75, 3.05) is 26.6 Å². The number of halogens is 1. The SMILES string of the molecule is COc1cc(/C=N\NC(=O)C(=O)Nc2cccc(Cl)c2)cc(OC)c1OC. The van der Waals surface area contributed by atoms with Gasteiger partial charge in [0.05, 0.1) is 27.5 Å². The molecule has 0 radical (unpaired) electrons. The third-order valence-corrected chi connectivity index (χ3v) is 3.59. The number of benzene rings is 2. The Balaban J connectivity index is 2.03. The van der Waals surface area contributed by atoms with E-state index >= 15 is 0 Å². The van der Waals surface area contributed by atoms with Crippen LogP contribution in [0.1, 0.15) is 5.56 Å². The van der Waals surface area contributed by atoms with Crippen molar-refractivity contribution >= 4 is 35.3 Å². The topological polar surface area (TPSA) is 98.2 Å². The molecule has 0 aliphatic heterocycles. The van der Waals surface area contributed by atoms with Crippen LogP contribution < -0.4 is 25.0 Å². The molecule has 0 spiro atoms. The average Bonchev–Trinajstić information content (AvgIpc) is 2.66. The zero-order chi connectivity index (χ0) is 19.8. The largest absolute Gasteiger partial charge is 0.493 e. The molecule has 0 heterocycles. The molecule has 0 atom stereocenters. The van der Waals surface area contributed by atoms with Crippen LogP contribution in [0.4, 0.5) is 5.69 Å². The van der Waals surface area contributed by atoms with E-state index in [1.54, 1.807) is 30.3 Å². The molecular weight excluding hydrogens is 374 g/mol. The fraction of sp³-hybridized carbons (Fsp3) is 0.167. The second-order valence-corrected chi connectivity index (χ2v) is 5.56. The van der Waals surface area contributed by atoms with Crippen molar-refractivity contribution in [1.82, 2.24) is 5.43 Å². The monoisotopic (exact) mass is 391 g/mol. The molecule has 2 amide bonds. The predicted molar refractivity (Wildman–Crippen MR) is 102 cm³/mol. The Kier molecular flexibility index (Phi) is 7.01. The number of ether oxygens (including phenoxy) is 3. The number of anilines is 1. The van der Waals surface area contributed by atoms with Crippen LogP contribution in [-0.2, 0) is 9.59 Å². The summed E-state index contributed by atoms with van der Waals surface area (Å²) in [6.07, 6.45) is 1.34. The Hall–Kier alpha value is -3.26. The zero-order valence-electron chi connectivity index (χ0n) is 14.9. The van der Waals surface area contributed by atoms with Gasteiger partial charge in [0.1, 0.15) is 0 Å². The molecule has 9 heteroatoms. The number of methoxy groups -OCH3 is 3. The van der Waals surface area contributed by atoms with E-state index in [1.165, 1.54) is 33.6 Å². The molecule has 0 saturated carbocycles. The van der Waals surface area contributed by atoms with E-state index in [4.69, 9.17) is 25.8 Å². The number of rotatable bonds is 6. The molecule has 0 aliphatic carbocycles. The van der Waals surface area contributed by atoms with Crippen LogP contribution in [0, 0.1) is 0 Å². The molecule has 2 rings (SSSR count). The average molecular weight is 392 g/mol. The third-order valence-electron chi connectivity index (χ3n) is 3.36. The Labute approximate surface area is 161 Å². The summed E-state index contributed by atoms with van der Waals surface area (Å²) in [5.74, 6) is -0.508. The van der Waals surface area contributed by atoms with Gasteiger partial charge in [-0.2, -0.15) is 5.10 Å². The summed E-state index contributed by atoms with van der Waals surface area (Å²) in [5, 5.41) is 6.62. The molecule has 0 aromatic heterocycles. The van der Waals surface area contributed by atoms with Crippen LogP contribution in [0.2, 0.25) is 5.02 Å². The van der Waals surface area contributed by atoms with Crippen molar-refractivity contribution < 1.29 is 23.8 Å². The molecule has 2 N–H and O–H groups in total. The quantitative estimate of drug-likeness (QED) is 0.447. The Morgan fingerprint density at radius 3 is 2.22 bits per heavy atom. The lowest BCUT2D eigenvalue weighted by atomic mass is 10.2. The van der Waals surface area contributed by atoms with Gasteiger partial charge in [0, 0.05) is 16.3 Å². The number of carbonyl (C=O) groups is 2. The highest BCUT2D eigenvalue weighted by atomic mass is 35.5. The van der Waals surface area contributed by atoms with Gasteiger partial charge in [0.15, 0.2) is 11.5 Å². The van der Waals surface area contributed by atoms with Crippen LogP contribution in [0.15, 0.2) is 41.5 Å². The van der Waals surface area contributed by atoms with E-state index in [9.17, 15) is 9.59 Å². The first-order valence-electron chi connectivity index (χ1n) is 7.68. The standard InChI is InChI=1S/C18H18ClN3O5/c1-25-14-7-11(8-15(26-2)16(14)27-3)10-20-22-18(24)17(23)21-13-6-4-5-12(19)9-13/h4-10H,1-3H3,(H,21,23)(H,22,24)/b20-10-. The molecule has 0 bridgehead atoms.